The summed E-state index contributed by atoms with van der Waals surface area (Å²) in [4.78, 5) is 19.1. The van der Waals surface area contributed by atoms with Crippen LogP contribution in [0.1, 0.15) is 19.3 Å². The summed E-state index contributed by atoms with van der Waals surface area (Å²) < 4.78 is 0. The van der Waals surface area contributed by atoms with Gasteiger partial charge in [-0.2, -0.15) is 15.0 Å². The van der Waals surface area contributed by atoms with Gasteiger partial charge in [-0.1, -0.05) is 0 Å². The highest BCUT2D eigenvalue weighted by molar-refractivity contribution is 5.42. The molecule has 2 rings (SSSR count). The Morgan fingerprint density at radius 2 is 1.60 bits per heavy atom. The van der Waals surface area contributed by atoms with Gasteiger partial charge in [-0.25, -0.2) is 0 Å². The van der Waals surface area contributed by atoms with Crippen LogP contribution in [0.2, 0.25) is 0 Å². The molecule has 1 saturated carbocycles. The van der Waals surface area contributed by atoms with Gasteiger partial charge in [0.15, 0.2) is 0 Å². The Hall–Kier alpha value is -1.63. The summed E-state index contributed by atoms with van der Waals surface area (Å²) in [7, 11) is 10.1. The van der Waals surface area contributed by atoms with E-state index in [4.69, 9.17) is 5.73 Å². The molecule has 0 aromatic carbocycles. The Balaban J connectivity index is 2.18. The van der Waals surface area contributed by atoms with Gasteiger partial charge in [-0.05, 0) is 33.4 Å². The lowest BCUT2D eigenvalue weighted by Crippen LogP contribution is -2.57. The molecule has 2 N–H and O–H groups in total. The molecule has 1 aromatic heterocycles. The van der Waals surface area contributed by atoms with E-state index in [0.29, 0.717) is 11.9 Å². The van der Waals surface area contributed by atoms with Gasteiger partial charge in [0.2, 0.25) is 17.8 Å². The smallest absolute Gasteiger partial charge is 0.231 e. The third-order valence-electron chi connectivity index (χ3n) is 4.13. The van der Waals surface area contributed by atoms with Gasteiger partial charge in [0.05, 0.1) is 0 Å². The van der Waals surface area contributed by atoms with Gasteiger partial charge in [0.1, 0.15) is 0 Å². The molecule has 0 saturated heterocycles. The highest BCUT2D eigenvalue weighted by atomic mass is 15.3. The van der Waals surface area contributed by atoms with Crippen molar-refractivity contribution in [1.82, 2.24) is 19.9 Å². The number of anilines is 3. The van der Waals surface area contributed by atoms with Crippen LogP contribution < -0.4 is 15.5 Å². The number of nitrogens with two attached hydrogens (primary N) is 1. The predicted molar refractivity (Wildman–Crippen MR) is 82.1 cm³/mol. The minimum absolute atomic E-state index is 0.231. The monoisotopic (exact) mass is 279 g/mol. The SMILES string of the molecule is CN(C)c1nc(N)nc(N(C)CC2(N(C)C)CCC2)n1. The molecule has 1 aliphatic rings. The van der Waals surface area contributed by atoms with Crippen LogP contribution in [-0.4, -0.2) is 67.2 Å². The molecule has 0 atom stereocenters. The van der Waals surface area contributed by atoms with Crippen LogP contribution >= 0.6 is 0 Å². The maximum Gasteiger partial charge on any atom is 0.231 e. The van der Waals surface area contributed by atoms with E-state index in [-0.39, 0.29) is 11.5 Å². The third kappa shape index (κ3) is 2.77. The fourth-order valence-corrected chi connectivity index (χ4v) is 2.58. The van der Waals surface area contributed by atoms with Gasteiger partial charge in [-0.15, -0.1) is 0 Å². The molecule has 0 amide bonds. The van der Waals surface area contributed by atoms with Crippen molar-refractivity contribution < 1.29 is 0 Å². The fraction of sp³-hybridized carbons (Fsp3) is 0.769. The standard InChI is InChI=1S/C13H25N7/c1-18(2)11-15-10(14)16-12(17-11)20(5)9-13(19(3)4)7-6-8-13/h6-9H2,1-5H3,(H2,14,15,16,17). The lowest BCUT2D eigenvalue weighted by molar-refractivity contribution is 0.0680. The Kier molecular flexibility index (Phi) is 3.99. The van der Waals surface area contributed by atoms with Gasteiger partial charge < -0.3 is 20.4 Å². The first-order valence-corrected chi connectivity index (χ1v) is 6.91. The van der Waals surface area contributed by atoms with Crippen molar-refractivity contribution in [3.05, 3.63) is 0 Å². The molecule has 1 fully saturated rings. The van der Waals surface area contributed by atoms with E-state index in [1.807, 2.05) is 26.0 Å². The molecular formula is C13H25N7. The van der Waals surface area contributed by atoms with E-state index < -0.39 is 0 Å². The molecule has 0 bridgehead atoms. The minimum atomic E-state index is 0.231. The topological polar surface area (TPSA) is 74.4 Å². The second kappa shape index (κ2) is 5.40. The molecule has 0 aliphatic heterocycles. The van der Waals surface area contributed by atoms with Gasteiger partial charge in [0, 0.05) is 33.2 Å². The number of nitrogens with zero attached hydrogens (tertiary/aromatic N) is 6. The number of hydrogen-bond acceptors (Lipinski definition) is 7. The molecule has 7 nitrogen and oxygen atoms in total. The van der Waals surface area contributed by atoms with Crippen LogP contribution in [0.3, 0.4) is 0 Å². The second-order valence-corrected chi connectivity index (χ2v) is 6.02. The second-order valence-electron chi connectivity index (χ2n) is 6.02. The number of rotatable bonds is 5. The third-order valence-corrected chi connectivity index (χ3v) is 4.13. The maximum atomic E-state index is 5.78. The largest absolute Gasteiger partial charge is 0.368 e. The molecule has 1 aliphatic carbocycles. The number of likely N-dealkylation sites (N-methyl/N-ethyl adjacent to an activating group) is 2. The molecule has 7 heteroatoms. The number of hydrogen-bond donors (Lipinski definition) is 1. The van der Waals surface area contributed by atoms with Crippen LogP contribution in [0, 0.1) is 0 Å². The molecular weight excluding hydrogens is 254 g/mol. The van der Waals surface area contributed by atoms with Crippen molar-refractivity contribution >= 4 is 17.8 Å². The fourth-order valence-electron chi connectivity index (χ4n) is 2.58. The Morgan fingerprint density at radius 1 is 1.00 bits per heavy atom. The molecule has 0 radical (unpaired) electrons. The first-order chi connectivity index (χ1) is 9.34. The molecule has 1 heterocycles. The van der Waals surface area contributed by atoms with Crippen LogP contribution in [0.4, 0.5) is 17.8 Å². The lowest BCUT2D eigenvalue weighted by atomic mass is 9.75. The summed E-state index contributed by atoms with van der Waals surface area (Å²) in [6, 6.07) is 0. The lowest BCUT2D eigenvalue weighted by Gasteiger charge is -2.49. The van der Waals surface area contributed by atoms with Gasteiger partial charge >= 0.3 is 0 Å². The van der Waals surface area contributed by atoms with E-state index in [9.17, 15) is 0 Å². The summed E-state index contributed by atoms with van der Waals surface area (Å²) in [5.41, 5.74) is 6.01. The van der Waals surface area contributed by atoms with E-state index in [2.05, 4.69) is 38.8 Å². The Morgan fingerprint density at radius 3 is 2.05 bits per heavy atom. The summed E-state index contributed by atoms with van der Waals surface area (Å²) in [6.45, 7) is 0.899. The van der Waals surface area contributed by atoms with Crippen LogP contribution in [0.15, 0.2) is 0 Å². The van der Waals surface area contributed by atoms with E-state index in [1.165, 1.54) is 19.3 Å². The Bertz CT molecular complexity index is 468. The summed E-state index contributed by atoms with van der Waals surface area (Å²) in [6.07, 6.45) is 3.71. The molecule has 0 spiro atoms. The normalized spacial score (nSPS) is 16.9. The van der Waals surface area contributed by atoms with E-state index >= 15 is 0 Å². The minimum Gasteiger partial charge on any atom is -0.368 e. The zero-order chi connectivity index (χ0) is 14.9. The van der Waals surface area contributed by atoms with Crippen molar-refractivity contribution in [1.29, 1.82) is 0 Å². The first-order valence-electron chi connectivity index (χ1n) is 6.91. The molecule has 112 valence electrons. The molecule has 0 unspecified atom stereocenters. The zero-order valence-electron chi connectivity index (χ0n) is 13.1. The zero-order valence-corrected chi connectivity index (χ0v) is 13.1. The highest BCUT2D eigenvalue weighted by Crippen LogP contribution is 2.37. The first kappa shape index (κ1) is 14.8. The van der Waals surface area contributed by atoms with Crippen molar-refractivity contribution in [3.63, 3.8) is 0 Å². The number of nitrogen functional groups attached to an aromatic ring is 1. The summed E-state index contributed by atoms with van der Waals surface area (Å²) in [5, 5.41) is 0. The maximum absolute atomic E-state index is 5.78. The van der Waals surface area contributed by atoms with Crippen LogP contribution in [0.5, 0.6) is 0 Å². The van der Waals surface area contributed by atoms with Crippen LogP contribution in [0.25, 0.3) is 0 Å². The molecule has 1 aromatic rings. The molecule has 20 heavy (non-hydrogen) atoms. The quantitative estimate of drug-likeness (QED) is 0.838. The van der Waals surface area contributed by atoms with Gasteiger partial charge in [0.25, 0.3) is 0 Å². The van der Waals surface area contributed by atoms with E-state index in [0.717, 1.165) is 6.54 Å². The average Bonchev–Trinajstić information content (AvgIpc) is 2.32. The van der Waals surface area contributed by atoms with Crippen molar-refractivity contribution in [2.45, 2.75) is 24.8 Å². The van der Waals surface area contributed by atoms with Crippen molar-refractivity contribution in [2.24, 2.45) is 0 Å². The summed E-state index contributed by atoms with van der Waals surface area (Å²) >= 11 is 0. The number of aromatic nitrogens is 3. The van der Waals surface area contributed by atoms with E-state index in [1.54, 1.807) is 0 Å². The Labute approximate surface area is 120 Å². The average molecular weight is 279 g/mol. The van der Waals surface area contributed by atoms with Gasteiger partial charge in [-0.3, -0.25) is 0 Å². The summed E-state index contributed by atoms with van der Waals surface area (Å²) in [5.74, 6) is 1.49. The highest BCUT2D eigenvalue weighted by Gasteiger charge is 2.40. The predicted octanol–water partition coefficient (Wildman–Crippen LogP) is 0.440. The van der Waals surface area contributed by atoms with Crippen molar-refractivity contribution in [3.8, 4) is 0 Å². The van der Waals surface area contributed by atoms with Crippen molar-refractivity contribution in [2.75, 3.05) is 57.3 Å². The van der Waals surface area contributed by atoms with Crippen LogP contribution in [-0.2, 0) is 0 Å².